The van der Waals surface area contributed by atoms with E-state index in [1.54, 1.807) is 12.3 Å². The summed E-state index contributed by atoms with van der Waals surface area (Å²) in [7, 11) is 0. The highest BCUT2D eigenvalue weighted by molar-refractivity contribution is 5.52. The van der Waals surface area contributed by atoms with Gasteiger partial charge in [0.1, 0.15) is 5.69 Å². The van der Waals surface area contributed by atoms with E-state index >= 15 is 0 Å². The molecule has 1 atom stereocenters. The zero-order valence-corrected chi connectivity index (χ0v) is 16.0. The highest BCUT2D eigenvalue weighted by Gasteiger charge is 2.25. The first kappa shape index (κ1) is 18.3. The van der Waals surface area contributed by atoms with Gasteiger partial charge in [-0.15, -0.1) is 0 Å². The van der Waals surface area contributed by atoms with E-state index < -0.39 is 0 Å². The Labute approximate surface area is 164 Å². The van der Waals surface area contributed by atoms with Crippen LogP contribution in [0.2, 0.25) is 0 Å². The molecule has 3 aromatic rings. The summed E-state index contributed by atoms with van der Waals surface area (Å²) >= 11 is 0. The summed E-state index contributed by atoms with van der Waals surface area (Å²) in [6.45, 7) is 5.03. The van der Waals surface area contributed by atoms with Crippen molar-refractivity contribution in [2.75, 3.05) is 19.6 Å². The topological polar surface area (TPSA) is 61.9 Å². The molecule has 3 heterocycles. The SMILES string of the molecule is CC(=Cc1ccccc1)CN1CCC(c2cc(=O)[nH]c(-c3ccccn3)n2)C1. The molecule has 2 aromatic heterocycles. The zero-order chi connectivity index (χ0) is 19.3. The summed E-state index contributed by atoms with van der Waals surface area (Å²) in [4.78, 5) is 26.4. The van der Waals surface area contributed by atoms with Crippen LogP contribution in [0.4, 0.5) is 0 Å². The van der Waals surface area contributed by atoms with Crippen molar-refractivity contribution < 1.29 is 0 Å². The number of nitrogens with one attached hydrogen (secondary N) is 1. The molecule has 5 heteroatoms. The lowest BCUT2D eigenvalue weighted by Crippen LogP contribution is -2.23. The largest absolute Gasteiger partial charge is 0.305 e. The van der Waals surface area contributed by atoms with Crippen molar-refractivity contribution in [3.63, 3.8) is 0 Å². The minimum atomic E-state index is -0.121. The van der Waals surface area contributed by atoms with Crippen LogP contribution >= 0.6 is 0 Å². The molecular weight excluding hydrogens is 348 g/mol. The van der Waals surface area contributed by atoms with Crippen LogP contribution in [-0.4, -0.2) is 39.5 Å². The second-order valence-electron chi connectivity index (χ2n) is 7.36. The van der Waals surface area contributed by atoms with Crippen molar-refractivity contribution in [2.24, 2.45) is 0 Å². The first-order valence-electron chi connectivity index (χ1n) is 9.64. The molecule has 1 aromatic carbocycles. The van der Waals surface area contributed by atoms with Crippen LogP contribution in [-0.2, 0) is 0 Å². The van der Waals surface area contributed by atoms with Gasteiger partial charge in [-0.3, -0.25) is 14.7 Å². The lowest BCUT2D eigenvalue weighted by Gasteiger charge is -2.16. The number of hydrogen-bond acceptors (Lipinski definition) is 4. The number of aromatic amines is 1. The van der Waals surface area contributed by atoms with E-state index in [4.69, 9.17) is 4.98 Å². The number of pyridine rings is 1. The maximum atomic E-state index is 12.2. The Morgan fingerprint density at radius 3 is 2.82 bits per heavy atom. The summed E-state index contributed by atoms with van der Waals surface area (Å²) in [6, 6.07) is 17.6. The van der Waals surface area contributed by atoms with Crippen molar-refractivity contribution in [1.82, 2.24) is 19.9 Å². The Balaban J connectivity index is 1.46. The van der Waals surface area contributed by atoms with Gasteiger partial charge in [0, 0.05) is 31.3 Å². The van der Waals surface area contributed by atoms with Crippen LogP contribution in [0.3, 0.4) is 0 Å². The molecule has 0 radical (unpaired) electrons. The number of nitrogens with zero attached hydrogens (tertiary/aromatic N) is 3. The van der Waals surface area contributed by atoms with Gasteiger partial charge in [-0.05, 0) is 37.6 Å². The molecule has 1 fully saturated rings. The van der Waals surface area contributed by atoms with Gasteiger partial charge in [0.05, 0.1) is 5.69 Å². The molecule has 0 amide bonds. The van der Waals surface area contributed by atoms with Crippen LogP contribution in [0.15, 0.2) is 71.2 Å². The van der Waals surface area contributed by atoms with Crippen molar-refractivity contribution in [3.05, 3.63) is 88.0 Å². The van der Waals surface area contributed by atoms with E-state index in [1.165, 1.54) is 11.1 Å². The summed E-state index contributed by atoms with van der Waals surface area (Å²) in [5.74, 6) is 0.816. The third-order valence-corrected chi connectivity index (χ3v) is 5.05. The third kappa shape index (κ3) is 4.43. The lowest BCUT2D eigenvalue weighted by atomic mass is 10.0. The zero-order valence-electron chi connectivity index (χ0n) is 16.0. The van der Waals surface area contributed by atoms with Gasteiger partial charge in [0.15, 0.2) is 5.82 Å². The number of rotatable bonds is 5. The normalized spacial score (nSPS) is 17.8. The Hall–Kier alpha value is -3.05. The monoisotopic (exact) mass is 372 g/mol. The van der Waals surface area contributed by atoms with E-state index in [1.807, 2.05) is 24.3 Å². The van der Waals surface area contributed by atoms with Gasteiger partial charge in [0.2, 0.25) is 0 Å². The number of benzene rings is 1. The van der Waals surface area contributed by atoms with Gasteiger partial charge < -0.3 is 4.98 Å². The lowest BCUT2D eigenvalue weighted by molar-refractivity contribution is 0.363. The van der Waals surface area contributed by atoms with E-state index in [0.717, 1.165) is 31.7 Å². The molecule has 0 bridgehead atoms. The Kier molecular flexibility index (Phi) is 5.44. The average Bonchev–Trinajstić information content (AvgIpc) is 3.17. The summed E-state index contributed by atoms with van der Waals surface area (Å²) in [5, 5.41) is 0. The molecule has 0 saturated carbocycles. The van der Waals surface area contributed by atoms with Crippen LogP contribution in [0.5, 0.6) is 0 Å². The molecule has 142 valence electrons. The maximum Gasteiger partial charge on any atom is 0.251 e. The fourth-order valence-corrected chi connectivity index (χ4v) is 3.76. The Morgan fingerprint density at radius 1 is 1.21 bits per heavy atom. The standard InChI is InChI=1S/C23H24N4O/c1-17(13-18-7-3-2-4-8-18)15-27-12-10-19(16-27)21-14-22(28)26-23(25-21)20-9-5-6-11-24-20/h2-9,11,13-14,19H,10,12,15-16H2,1H3,(H,25,26,28). The minimum Gasteiger partial charge on any atom is -0.305 e. The first-order chi connectivity index (χ1) is 13.7. The van der Waals surface area contributed by atoms with Crippen molar-refractivity contribution in [1.29, 1.82) is 0 Å². The van der Waals surface area contributed by atoms with Gasteiger partial charge in [-0.1, -0.05) is 48.0 Å². The van der Waals surface area contributed by atoms with E-state index in [0.29, 0.717) is 11.5 Å². The molecule has 1 saturated heterocycles. The molecule has 0 spiro atoms. The third-order valence-electron chi connectivity index (χ3n) is 5.05. The summed E-state index contributed by atoms with van der Waals surface area (Å²) in [5.41, 5.74) is 3.99. The van der Waals surface area contributed by atoms with Crippen molar-refractivity contribution >= 4 is 6.08 Å². The van der Waals surface area contributed by atoms with Gasteiger partial charge >= 0.3 is 0 Å². The van der Waals surface area contributed by atoms with E-state index in [2.05, 4.69) is 52.1 Å². The fraction of sp³-hybridized carbons (Fsp3) is 0.261. The second-order valence-corrected chi connectivity index (χ2v) is 7.36. The average molecular weight is 372 g/mol. The molecule has 4 rings (SSSR count). The second kappa shape index (κ2) is 8.31. The maximum absolute atomic E-state index is 12.2. The highest BCUT2D eigenvalue weighted by Crippen LogP contribution is 2.26. The Morgan fingerprint density at radius 2 is 2.04 bits per heavy atom. The number of aromatic nitrogens is 3. The number of hydrogen-bond donors (Lipinski definition) is 1. The summed E-state index contributed by atoms with van der Waals surface area (Å²) < 4.78 is 0. The van der Waals surface area contributed by atoms with Crippen LogP contribution in [0.1, 0.15) is 30.5 Å². The molecule has 1 unspecified atom stereocenters. The molecule has 1 aliphatic rings. The predicted molar refractivity (Wildman–Crippen MR) is 112 cm³/mol. The van der Waals surface area contributed by atoms with Gasteiger partial charge in [-0.2, -0.15) is 0 Å². The Bertz CT molecular complexity index is 1010. The minimum absolute atomic E-state index is 0.121. The van der Waals surface area contributed by atoms with Gasteiger partial charge in [-0.25, -0.2) is 4.98 Å². The molecule has 1 N–H and O–H groups in total. The molecule has 28 heavy (non-hydrogen) atoms. The quantitative estimate of drug-likeness (QED) is 0.741. The predicted octanol–water partition coefficient (Wildman–Crippen LogP) is 3.72. The first-order valence-corrected chi connectivity index (χ1v) is 9.64. The van der Waals surface area contributed by atoms with Crippen LogP contribution in [0.25, 0.3) is 17.6 Å². The van der Waals surface area contributed by atoms with Crippen molar-refractivity contribution in [3.8, 4) is 11.5 Å². The van der Waals surface area contributed by atoms with E-state index in [-0.39, 0.29) is 11.5 Å². The van der Waals surface area contributed by atoms with Crippen LogP contribution in [0, 0.1) is 0 Å². The smallest absolute Gasteiger partial charge is 0.251 e. The van der Waals surface area contributed by atoms with E-state index in [9.17, 15) is 4.79 Å². The van der Waals surface area contributed by atoms with Gasteiger partial charge in [0.25, 0.3) is 5.56 Å². The fourth-order valence-electron chi connectivity index (χ4n) is 3.76. The molecule has 0 aliphatic carbocycles. The number of H-pyrrole nitrogens is 1. The molecule has 1 aliphatic heterocycles. The van der Waals surface area contributed by atoms with Crippen LogP contribution < -0.4 is 5.56 Å². The number of likely N-dealkylation sites (tertiary alicyclic amines) is 1. The molecular formula is C23H24N4O. The van der Waals surface area contributed by atoms with Crippen molar-refractivity contribution in [2.45, 2.75) is 19.3 Å². The molecule has 5 nitrogen and oxygen atoms in total. The summed E-state index contributed by atoms with van der Waals surface area (Å²) in [6.07, 6.45) is 4.95. The highest BCUT2D eigenvalue weighted by atomic mass is 16.1.